The third kappa shape index (κ3) is 5.29. The lowest BCUT2D eigenvalue weighted by atomic mass is 9.96. The van der Waals surface area contributed by atoms with Gasteiger partial charge in [-0.05, 0) is 95.1 Å². The Hall–Kier alpha value is -5.88. The van der Waals surface area contributed by atoms with Crippen LogP contribution in [0.25, 0.3) is 67.3 Å². The van der Waals surface area contributed by atoms with Gasteiger partial charge in [0, 0.05) is 71.8 Å². The van der Waals surface area contributed by atoms with E-state index in [2.05, 4.69) is 68.5 Å². The van der Waals surface area contributed by atoms with Gasteiger partial charge in [-0.25, -0.2) is 9.97 Å². The number of rotatable bonds is 6. The quantitative estimate of drug-likeness (QED) is 0.212. The minimum atomic E-state index is 0.893. The minimum Gasteiger partial charge on any atom is -0.265 e. The molecule has 0 spiro atoms. The molecular formula is C36H24N6. The summed E-state index contributed by atoms with van der Waals surface area (Å²) in [7, 11) is 0. The van der Waals surface area contributed by atoms with E-state index in [9.17, 15) is 0 Å². The zero-order valence-corrected chi connectivity index (χ0v) is 22.5. The maximum atomic E-state index is 4.97. The molecule has 0 N–H and O–H groups in total. The lowest BCUT2D eigenvalue weighted by Gasteiger charge is -2.12. The number of aromatic nitrogens is 6. The van der Waals surface area contributed by atoms with E-state index in [1.807, 2.05) is 48.5 Å². The second-order valence-electron chi connectivity index (χ2n) is 9.77. The van der Waals surface area contributed by atoms with Crippen molar-refractivity contribution in [3.05, 3.63) is 147 Å². The van der Waals surface area contributed by atoms with Crippen molar-refractivity contribution >= 4 is 0 Å². The van der Waals surface area contributed by atoms with Crippen LogP contribution in [-0.2, 0) is 0 Å². The number of benzene rings is 1. The number of nitrogens with zero attached hydrogens (tertiary/aromatic N) is 6. The van der Waals surface area contributed by atoms with Gasteiger partial charge in [0.25, 0.3) is 0 Å². The van der Waals surface area contributed by atoms with E-state index < -0.39 is 0 Å². The lowest BCUT2D eigenvalue weighted by molar-refractivity contribution is 1.27. The molecule has 7 rings (SSSR count). The fraction of sp³-hybridized carbons (Fsp3) is 0. The summed E-state index contributed by atoms with van der Waals surface area (Å²) in [6, 6.07) is 33.0. The van der Waals surface area contributed by atoms with Gasteiger partial charge in [0.1, 0.15) is 0 Å². The van der Waals surface area contributed by atoms with Crippen LogP contribution in [-0.4, -0.2) is 29.9 Å². The highest BCUT2D eigenvalue weighted by atomic mass is 14.7. The van der Waals surface area contributed by atoms with E-state index in [0.717, 1.165) is 67.3 Å². The summed E-state index contributed by atoms with van der Waals surface area (Å²) in [6.45, 7) is 0. The van der Waals surface area contributed by atoms with Crippen LogP contribution in [0, 0.1) is 0 Å². The van der Waals surface area contributed by atoms with Gasteiger partial charge in [-0.1, -0.05) is 24.3 Å². The molecule has 0 radical (unpaired) electrons. The molecule has 0 aliphatic heterocycles. The molecule has 0 saturated carbocycles. The van der Waals surface area contributed by atoms with E-state index in [4.69, 9.17) is 9.97 Å². The molecule has 0 bridgehead atoms. The SMILES string of the molecule is c1cc(-c2cc(-c3ccc(-c4cc(-c5ccncc5)nc(-c5ccncc5)c4)cc3)cc(-c3ccncc3)n2)ccn1. The Kier molecular flexibility index (Phi) is 6.76. The molecule has 0 amide bonds. The van der Waals surface area contributed by atoms with Crippen molar-refractivity contribution < 1.29 is 0 Å². The van der Waals surface area contributed by atoms with E-state index in [-0.39, 0.29) is 0 Å². The van der Waals surface area contributed by atoms with Crippen molar-refractivity contribution in [2.24, 2.45) is 0 Å². The topological polar surface area (TPSA) is 77.3 Å². The Balaban J connectivity index is 1.31. The molecule has 0 fully saturated rings. The van der Waals surface area contributed by atoms with Crippen LogP contribution >= 0.6 is 0 Å². The Morgan fingerprint density at radius 2 is 0.476 bits per heavy atom. The minimum absolute atomic E-state index is 0.893. The van der Waals surface area contributed by atoms with Gasteiger partial charge < -0.3 is 0 Å². The zero-order chi connectivity index (χ0) is 28.1. The molecular weight excluding hydrogens is 516 g/mol. The largest absolute Gasteiger partial charge is 0.265 e. The van der Waals surface area contributed by atoms with Gasteiger partial charge in [-0.3, -0.25) is 19.9 Å². The van der Waals surface area contributed by atoms with Gasteiger partial charge in [0.05, 0.1) is 22.8 Å². The van der Waals surface area contributed by atoms with Crippen molar-refractivity contribution in [3.63, 3.8) is 0 Å². The standard InChI is InChI=1S/C36H24N6/c1-2-26(32-23-35(29-9-17-39-18-10-29)42-36(24-32)30-11-19-40-20-12-30)4-3-25(1)31-21-33(27-5-13-37-14-6-27)41-34(22-31)28-7-15-38-16-8-28/h1-24H. The maximum Gasteiger partial charge on any atom is 0.0716 e. The van der Waals surface area contributed by atoms with Gasteiger partial charge >= 0.3 is 0 Å². The van der Waals surface area contributed by atoms with Crippen molar-refractivity contribution in [1.82, 2.24) is 29.9 Å². The molecule has 0 atom stereocenters. The summed E-state index contributed by atoms with van der Waals surface area (Å²) in [5, 5.41) is 0. The normalized spacial score (nSPS) is 10.9. The third-order valence-electron chi connectivity index (χ3n) is 7.11. The van der Waals surface area contributed by atoms with E-state index in [1.54, 1.807) is 49.6 Å². The first-order valence-electron chi connectivity index (χ1n) is 13.6. The van der Waals surface area contributed by atoms with Gasteiger partial charge in [0.2, 0.25) is 0 Å². The number of hydrogen-bond donors (Lipinski definition) is 0. The first-order valence-corrected chi connectivity index (χ1v) is 13.6. The summed E-state index contributed by atoms with van der Waals surface area (Å²) < 4.78 is 0. The Bertz CT molecular complexity index is 1680. The van der Waals surface area contributed by atoms with Crippen LogP contribution in [0.2, 0.25) is 0 Å². The summed E-state index contributed by atoms with van der Waals surface area (Å²) in [6.07, 6.45) is 14.3. The summed E-state index contributed by atoms with van der Waals surface area (Å²) >= 11 is 0. The van der Waals surface area contributed by atoms with Crippen molar-refractivity contribution in [3.8, 4) is 67.3 Å². The average molecular weight is 541 g/mol. The van der Waals surface area contributed by atoms with Crippen molar-refractivity contribution in [2.45, 2.75) is 0 Å². The van der Waals surface area contributed by atoms with E-state index >= 15 is 0 Å². The smallest absolute Gasteiger partial charge is 0.0716 e. The van der Waals surface area contributed by atoms with Crippen LogP contribution < -0.4 is 0 Å². The first kappa shape index (κ1) is 25.1. The third-order valence-corrected chi connectivity index (χ3v) is 7.11. The van der Waals surface area contributed by atoms with Gasteiger partial charge in [-0.2, -0.15) is 0 Å². The van der Waals surface area contributed by atoms with Crippen molar-refractivity contribution in [2.75, 3.05) is 0 Å². The molecule has 198 valence electrons. The molecule has 0 unspecified atom stereocenters. The summed E-state index contributed by atoms with van der Waals surface area (Å²) in [5.74, 6) is 0. The Labute approximate surface area is 243 Å². The highest BCUT2D eigenvalue weighted by Crippen LogP contribution is 2.33. The molecule has 42 heavy (non-hydrogen) atoms. The predicted molar refractivity (Wildman–Crippen MR) is 166 cm³/mol. The second kappa shape index (κ2) is 11.3. The number of hydrogen-bond acceptors (Lipinski definition) is 6. The van der Waals surface area contributed by atoms with Crippen LogP contribution in [0.5, 0.6) is 0 Å². The molecule has 6 nitrogen and oxygen atoms in total. The fourth-order valence-corrected chi connectivity index (χ4v) is 4.93. The Morgan fingerprint density at radius 3 is 0.714 bits per heavy atom. The molecule has 0 aliphatic rings. The van der Waals surface area contributed by atoms with Crippen LogP contribution in [0.4, 0.5) is 0 Å². The van der Waals surface area contributed by atoms with Crippen LogP contribution in [0.3, 0.4) is 0 Å². The first-order chi connectivity index (χ1) is 20.8. The average Bonchev–Trinajstić information content (AvgIpc) is 3.09. The highest BCUT2D eigenvalue weighted by molar-refractivity contribution is 5.80. The lowest BCUT2D eigenvalue weighted by Crippen LogP contribution is -1.92. The molecule has 6 aromatic heterocycles. The zero-order valence-electron chi connectivity index (χ0n) is 22.5. The second-order valence-corrected chi connectivity index (χ2v) is 9.77. The van der Waals surface area contributed by atoms with Crippen LogP contribution in [0.1, 0.15) is 0 Å². The van der Waals surface area contributed by atoms with Gasteiger partial charge in [-0.15, -0.1) is 0 Å². The monoisotopic (exact) mass is 540 g/mol. The van der Waals surface area contributed by atoms with E-state index in [0.29, 0.717) is 0 Å². The summed E-state index contributed by atoms with van der Waals surface area (Å²) in [5.41, 5.74) is 12.0. The maximum absolute atomic E-state index is 4.97. The fourth-order valence-electron chi connectivity index (χ4n) is 4.93. The molecule has 7 aromatic rings. The molecule has 6 heteroatoms. The molecule has 1 aromatic carbocycles. The predicted octanol–water partition coefficient (Wildman–Crippen LogP) is 8.06. The van der Waals surface area contributed by atoms with E-state index in [1.165, 1.54) is 0 Å². The van der Waals surface area contributed by atoms with Gasteiger partial charge in [0.15, 0.2) is 0 Å². The summed E-state index contributed by atoms with van der Waals surface area (Å²) in [4.78, 5) is 26.6. The number of pyridine rings is 6. The molecule has 0 saturated heterocycles. The molecule has 6 heterocycles. The highest BCUT2D eigenvalue weighted by Gasteiger charge is 2.12. The molecule has 0 aliphatic carbocycles. The van der Waals surface area contributed by atoms with Crippen molar-refractivity contribution in [1.29, 1.82) is 0 Å². The Morgan fingerprint density at radius 1 is 0.238 bits per heavy atom. The van der Waals surface area contributed by atoms with Crippen LogP contribution in [0.15, 0.2) is 147 Å².